The van der Waals surface area contributed by atoms with E-state index in [1.54, 1.807) is 0 Å². The Kier molecular flexibility index (Phi) is 3.17. The van der Waals surface area contributed by atoms with Crippen LogP contribution in [0.15, 0.2) is 46.9 Å². The Morgan fingerprint density at radius 1 is 1.16 bits per heavy atom. The average molecular weight is 335 g/mol. The Balaban J connectivity index is 2.11. The van der Waals surface area contributed by atoms with Crippen molar-refractivity contribution in [2.24, 2.45) is 0 Å². The van der Waals surface area contributed by atoms with Crippen molar-refractivity contribution in [3.63, 3.8) is 0 Å². The second-order valence-electron chi connectivity index (χ2n) is 4.26. The highest BCUT2D eigenvalue weighted by molar-refractivity contribution is 9.10. The molecule has 94 valence electrons. The molecule has 4 heteroatoms. The summed E-state index contributed by atoms with van der Waals surface area (Å²) in [5, 5.41) is 3.50. The van der Waals surface area contributed by atoms with Gasteiger partial charge in [0.25, 0.3) is 5.91 Å². The van der Waals surface area contributed by atoms with Crippen molar-refractivity contribution in [3.8, 4) is 0 Å². The van der Waals surface area contributed by atoms with Gasteiger partial charge in [-0.25, -0.2) is 0 Å². The lowest BCUT2D eigenvalue weighted by molar-refractivity contribution is -0.110. The van der Waals surface area contributed by atoms with Crippen molar-refractivity contribution in [2.75, 3.05) is 5.32 Å². The summed E-state index contributed by atoms with van der Waals surface area (Å²) >= 11 is 9.38. The van der Waals surface area contributed by atoms with Crippen LogP contribution in [0.25, 0.3) is 11.6 Å². The lowest BCUT2D eigenvalue weighted by Gasteiger charge is -2.00. The number of amides is 1. The molecule has 0 aromatic heterocycles. The Hall–Kier alpha value is -1.58. The number of fused-ring (bicyclic) bond motifs is 1. The first-order valence-corrected chi connectivity index (χ1v) is 6.89. The number of nitrogens with one attached hydrogen (secondary N) is 1. The van der Waals surface area contributed by atoms with Crippen LogP contribution in [-0.4, -0.2) is 5.91 Å². The van der Waals surface area contributed by atoms with E-state index in [0.717, 1.165) is 21.3 Å². The van der Waals surface area contributed by atoms with Gasteiger partial charge in [-0.15, -0.1) is 0 Å². The standard InChI is InChI=1S/C15H9BrClNO/c16-10-4-5-14-12(8-10)13(15(19)18-14)7-9-2-1-3-11(17)6-9/h1-8H,(H,18,19)/b13-7+. The number of carbonyl (C=O) groups is 1. The summed E-state index contributed by atoms with van der Waals surface area (Å²) in [6, 6.07) is 13.1. The van der Waals surface area contributed by atoms with Crippen LogP contribution in [0, 0.1) is 0 Å². The van der Waals surface area contributed by atoms with Gasteiger partial charge in [0, 0.05) is 26.3 Å². The van der Waals surface area contributed by atoms with E-state index in [-0.39, 0.29) is 5.91 Å². The molecule has 2 nitrogen and oxygen atoms in total. The third kappa shape index (κ3) is 2.44. The maximum Gasteiger partial charge on any atom is 0.256 e. The summed E-state index contributed by atoms with van der Waals surface area (Å²) in [7, 11) is 0. The molecule has 1 aliphatic rings. The van der Waals surface area contributed by atoms with Gasteiger partial charge >= 0.3 is 0 Å². The molecule has 0 spiro atoms. The molecular formula is C15H9BrClNO. The first kappa shape index (κ1) is 12.5. The fourth-order valence-electron chi connectivity index (χ4n) is 2.07. The molecule has 2 aromatic rings. The van der Waals surface area contributed by atoms with Gasteiger partial charge in [0.2, 0.25) is 0 Å². The van der Waals surface area contributed by atoms with Crippen LogP contribution in [0.2, 0.25) is 5.02 Å². The summed E-state index contributed by atoms with van der Waals surface area (Å²) in [5.41, 5.74) is 3.30. The Morgan fingerprint density at radius 3 is 2.79 bits per heavy atom. The smallest absolute Gasteiger partial charge is 0.256 e. The van der Waals surface area contributed by atoms with Gasteiger partial charge in [-0.1, -0.05) is 39.7 Å². The van der Waals surface area contributed by atoms with E-state index in [4.69, 9.17) is 11.6 Å². The predicted octanol–water partition coefficient (Wildman–Crippen LogP) is 4.60. The van der Waals surface area contributed by atoms with Gasteiger partial charge in [0.15, 0.2) is 0 Å². The fraction of sp³-hybridized carbons (Fsp3) is 0. The average Bonchev–Trinajstić information content (AvgIpc) is 2.66. The summed E-state index contributed by atoms with van der Waals surface area (Å²) < 4.78 is 0.944. The minimum Gasteiger partial charge on any atom is -0.321 e. The lowest BCUT2D eigenvalue weighted by Crippen LogP contribution is -2.03. The minimum absolute atomic E-state index is 0.0897. The van der Waals surface area contributed by atoms with Gasteiger partial charge in [0.05, 0.1) is 0 Å². The van der Waals surface area contributed by atoms with E-state index in [9.17, 15) is 4.79 Å². The third-order valence-corrected chi connectivity index (χ3v) is 3.65. The van der Waals surface area contributed by atoms with Crippen molar-refractivity contribution in [1.82, 2.24) is 0 Å². The molecule has 1 N–H and O–H groups in total. The van der Waals surface area contributed by atoms with Gasteiger partial charge in [-0.3, -0.25) is 4.79 Å². The highest BCUT2D eigenvalue weighted by Crippen LogP contribution is 2.35. The van der Waals surface area contributed by atoms with Crippen LogP contribution in [0.4, 0.5) is 5.69 Å². The summed E-state index contributed by atoms with van der Waals surface area (Å²) in [6.45, 7) is 0. The van der Waals surface area contributed by atoms with Crippen molar-refractivity contribution < 1.29 is 4.79 Å². The van der Waals surface area contributed by atoms with E-state index in [0.29, 0.717) is 10.6 Å². The number of carbonyl (C=O) groups excluding carboxylic acids is 1. The monoisotopic (exact) mass is 333 g/mol. The lowest BCUT2D eigenvalue weighted by atomic mass is 10.0. The van der Waals surface area contributed by atoms with Crippen molar-refractivity contribution in [1.29, 1.82) is 0 Å². The number of hydrogen-bond donors (Lipinski definition) is 1. The van der Waals surface area contributed by atoms with Crippen molar-refractivity contribution in [3.05, 3.63) is 63.1 Å². The predicted molar refractivity (Wildman–Crippen MR) is 82.1 cm³/mol. The molecule has 3 rings (SSSR count). The van der Waals surface area contributed by atoms with Crippen LogP contribution in [0.5, 0.6) is 0 Å². The molecule has 1 heterocycles. The van der Waals surface area contributed by atoms with Crippen molar-refractivity contribution in [2.45, 2.75) is 0 Å². The highest BCUT2D eigenvalue weighted by Gasteiger charge is 2.23. The third-order valence-electron chi connectivity index (χ3n) is 2.92. The zero-order chi connectivity index (χ0) is 13.4. The number of rotatable bonds is 1. The molecular weight excluding hydrogens is 326 g/mol. The maximum absolute atomic E-state index is 12.0. The molecule has 0 fully saturated rings. The SMILES string of the molecule is O=C1Nc2ccc(Br)cc2/C1=C\c1cccc(Cl)c1. The van der Waals surface area contributed by atoms with Crippen LogP contribution < -0.4 is 5.32 Å². The van der Waals surface area contributed by atoms with E-state index in [2.05, 4.69) is 21.2 Å². The van der Waals surface area contributed by atoms with Crippen LogP contribution >= 0.6 is 27.5 Å². The van der Waals surface area contributed by atoms with Crippen LogP contribution in [0.1, 0.15) is 11.1 Å². The molecule has 19 heavy (non-hydrogen) atoms. The fourth-order valence-corrected chi connectivity index (χ4v) is 2.63. The first-order chi connectivity index (χ1) is 9.13. The quantitative estimate of drug-likeness (QED) is 0.759. The largest absolute Gasteiger partial charge is 0.321 e. The molecule has 1 amide bonds. The normalized spacial score (nSPS) is 15.5. The summed E-state index contributed by atoms with van der Waals surface area (Å²) in [6.07, 6.45) is 1.85. The van der Waals surface area contributed by atoms with E-state index in [1.165, 1.54) is 0 Å². The second kappa shape index (κ2) is 4.83. The number of hydrogen-bond acceptors (Lipinski definition) is 1. The van der Waals surface area contributed by atoms with Crippen LogP contribution in [0.3, 0.4) is 0 Å². The van der Waals surface area contributed by atoms with Gasteiger partial charge in [0.1, 0.15) is 0 Å². The number of halogens is 2. The Morgan fingerprint density at radius 2 is 2.00 bits per heavy atom. The van der Waals surface area contributed by atoms with E-state index >= 15 is 0 Å². The van der Waals surface area contributed by atoms with Crippen LogP contribution in [-0.2, 0) is 4.79 Å². The summed E-state index contributed by atoms with van der Waals surface area (Å²) in [4.78, 5) is 12.0. The van der Waals surface area contributed by atoms with E-state index < -0.39 is 0 Å². The van der Waals surface area contributed by atoms with E-state index in [1.807, 2.05) is 48.5 Å². The molecule has 0 saturated heterocycles. The Labute approximate surface area is 124 Å². The van der Waals surface area contributed by atoms with Crippen molar-refractivity contribution >= 4 is 50.8 Å². The molecule has 0 saturated carbocycles. The zero-order valence-electron chi connectivity index (χ0n) is 9.78. The second-order valence-corrected chi connectivity index (χ2v) is 5.61. The summed E-state index contributed by atoms with van der Waals surface area (Å²) in [5.74, 6) is -0.0897. The molecule has 1 aliphatic heterocycles. The zero-order valence-corrected chi connectivity index (χ0v) is 12.1. The molecule has 2 aromatic carbocycles. The molecule has 0 aliphatic carbocycles. The number of benzene rings is 2. The maximum atomic E-state index is 12.0. The molecule has 0 unspecified atom stereocenters. The minimum atomic E-state index is -0.0897. The topological polar surface area (TPSA) is 29.1 Å². The molecule has 0 radical (unpaired) electrons. The van der Waals surface area contributed by atoms with Gasteiger partial charge in [-0.05, 0) is 42.0 Å². The van der Waals surface area contributed by atoms with Gasteiger partial charge in [-0.2, -0.15) is 0 Å². The highest BCUT2D eigenvalue weighted by atomic mass is 79.9. The van der Waals surface area contributed by atoms with Gasteiger partial charge < -0.3 is 5.32 Å². The molecule has 0 atom stereocenters. The Bertz CT molecular complexity index is 709. The first-order valence-electron chi connectivity index (χ1n) is 5.72. The number of anilines is 1. The molecule has 0 bridgehead atoms.